The van der Waals surface area contributed by atoms with Gasteiger partial charge in [0.1, 0.15) is 5.75 Å². The van der Waals surface area contributed by atoms with Crippen LogP contribution >= 0.6 is 0 Å². The van der Waals surface area contributed by atoms with E-state index in [1.165, 1.54) is 0 Å². The van der Waals surface area contributed by atoms with E-state index >= 15 is 0 Å². The summed E-state index contributed by atoms with van der Waals surface area (Å²) in [5, 5.41) is 4.80. The number of benzene rings is 1. The van der Waals surface area contributed by atoms with Crippen LogP contribution in [-0.2, 0) is 19.6 Å². The van der Waals surface area contributed by atoms with Crippen molar-refractivity contribution in [2.75, 3.05) is 12.4 Å². The number of nitrogens with one attached hydrogen (secondary N) is 2. The zero-order valence-electron chi connectivity index (χ0n) is 12.3. The molecule has 0 radical (unpaired) electrons. The topological polar surface area (TPSA) is 122 Å². The molecule has 3 N–H and O–H groups in total. The molecule has 1 aromatic carbocycles. The molecule has 2 amide bonds. The van der Waals surface area contributed by atoms with Gasteiger partial charge in [0, 0.05) is 5.70 Å². The molecule has 124 valence electrons. The molecular weight excluding hydrogens is 324 g/mol. The van der Waals surface area contributed by atoms with E-state index in [4.69, 9.17) is 9.29 Å². The van der Waals surface area contributed by atoms with Gasteiger partial charge in [-0.25, -0.2) is 9.59 Å². The monoisotopic (exact) mass is 340 g/mol. The van der Waals surface area contributed by atoms with Crippen LogP contribution in [0.5, 0.6) is 0 Å². The summed E-state index contributed by atoms with van der Waals surface area (Å²) in [5.41, 5.74) is 0.317. The van der Waals surface area contributed by atoms with Crippen LogP contribution in [0.2, 0.25) is 0 Å². The van der Waals surface area contributed by atoms with Gasteiger partial charge in [-0.1, -0.05) is 30.3 Å². The van der Waals surface area contributed by atoms with Gasteiger partial charge in [-0.05, 0) is 12.5 Å². The maximum atomic E-state index is 12.2. The SMILES string of the molecule is CCOC(=O)C1=C(CS(=O)(=O)O)NC(=O)NC1c1ccccc1. The number of carbonyl (C=O) groups is 2. The average molecular weight is 340 g/mol. The van der Waals surface area contributed by atoms with Crippen LogP contribution < -0.4 is 10.6 Å². The molecule has 0 aliphatic carbocycles. The van der Waals surface area contributed by atoms with Crippen molar-refractivity contribution in [1.82, 2.24) is 10.6 Å². The molecule has 9 heteroatoms. The number of hydrogen-bond donors (Lipinski definition) is 3. The fourth-order valence-electron chi connectivity index (χ4n) is 2.26. The van der Waals surface area contributed by atoms with Gasteiger partial charge in [-0.2, -0.15) is 8.42 Å². The number of rotatable bonds is 5. The normalized spacial score (nSPS) is 18.2. The molecule has 8 nitrogen and oxygen atoms in total. The van der Waals surface area contributed by atoms with E-state index in [-0.39, 0.29) is 17.9 Å². The number of carbonyl (C=O) groups excluding carboxylic acids is 2. The minimum atomic E-state index is -4.44. The van der Waals surface area contributed by atoms with Crippen molar-refractivity contribution in [2.45, 2.75) is 13.0 Å². The predicted molar refractivity (Wildman–Crippen MR) is 80.9 cm³/mol. The summed E-state index contributed by atoms with van der Waals surface area (Å²) in [7, 11) is -4.44. The highest BCUT2D eigenvalue weighted by Gasteiger charge is 2.34. The molecular formula is C14H16N2O6S. The first-order valence-electron chi connectivity index (χ1n) is 6.79. The zero-order chi connectivity index (χ0) is 17.0. The third-order valence-electron chi connectivity index (χ3n) is 3.11. The molecule has 2 rings (SSSR count). The van der Waals surface area contributed by atoms with E-state index < -0.39 is 33.9 Å². The summed E-state index contributed by atoms with van der Waals surface area (Å²) in [6.07, 6.45) is 0. The lowest BCUT2D eigenvalue weighted by atomic mass is 9.95. The summed E-state index contributed by atoms with van der Waals surface area (Å²) in [6.45, 7) is 1.68. The van der Waals surface area contributed by atoms with E-state index in [0.717, 1.165) is 0 Å². The van der Waals surface area contributed by atoms with Gasteiger partial charge in [0.25, 0.3) is 10.1 Å². The summed E-state index contributed by atoms with van der Waals surface area (Å²) < 4.78 is 36.4. The first kappa shape index (κ1) is 17.0. The molecule has 1 aromatic rings. The van der Waals surface area contributed by atoms with Gasteiger partial charge in [0.15, 0.2) is 0 Å². The molecule has 0 saturated heterocycles. The number of hydrogen-bond acceptors (Lipinski definition) is 5. The highest BCUT2D eigenvalue weighted by atomic mass is 32.2. The fraction of sp³-hybridized carbons (Fsp3) is 0.286. The highest BCUT2D eigenvalue weighted by molar-refractivity contribution is 7.86. The largest absolute Gasteiger partial charge is 0.463 e. The number of esters is 1. The first-order valence-corrected chi connectivity index (χ1v) is 8.40. The van der Waals surface area contributed by atoms with E-state index in [0.29, 0.717) is 5.56 Å². The van der Waals surface area contributed by atoms with Crippen molar-refractivity contribution < 1.29 is 27.3 Å². The summed E-state index contributed by atoms with van der Waals surface area (Å²) >= 11 is 0. The van der Waals surface area contributed by atoms with Crippen LogP contribution in [0, 0.1) is 0 Å². The standard InChI is InChI=1S/C14H16N2O6S/c1-2-22-13(17)11-10(8-23(19,20)21)15-14(18)16-12(11)9-6-4-3-5-7-9/h3-7,12H,2,8H2,1H3,(H2,15,16,18)(H,19,20,21). The van der Waals surface area contributed by atoms with Crippen LogP contribution in [0.1, 0.15) is 18.5 Å². The Hall–Kier alpha value is -2.39. The third kappa shape index (κ3) is 4.30. The van der Waals surface area contributed by atoms with E-state index in [1.54, 1.807) is 37.3 Å². The van der Waals surface area contributed by atoms with Crippen LogP contribution in [0.15, 0.2) is 41.6 Å². The Kier molecular flexibility index (Phi) is 5.02. The lowest BCUT2D eigenvalue weighted by molar-refractivity contribution is -0.139. The van der Waals surface area contributed by atoms with Crippen LogP contribution in [0.25, 0.3) is 0 Å². The number of urea groups is 1. The molecule has 0 aromatic heterocycles. The summed E-state index contributed by atoms with van der Waals surface area (Å²) in [5.74, 6) is -1.66. The van der Waals surface area contributed by atoms with Crippen molar-refractivity contribution in [2.24, 2.45) is 0 Å². The van der Waals surface area contributed by atoms with Crippen molar-refractivity contribution >= 4 is 22.1 Å². The van der Waals surface area contributed by atoms with Crippen LogP contribution in [0.3, 0.4) is 0 Å². The predicted octanol–water partition coefficient (Wildman–Crippen LogP) is 0.745. The summed E-state index contributed by atoms with van der Waals surface area (Å²) in [4.78, 5) is 24.0. The lowest BCUT2D eigenvalue weighted by Crippen LogP contribution is -2.47. The molecule has 23 heavy (non-hydrogen) atoms. The summed E-state index contributed by atoms with van der Waals surface area (Å²) in [6, 6.07) is 7.01. The maximum absolute atomic E-state index is 12.2. The molecule has 0 spiro atoms. The Balaban J connectivity index is 2.56. The number of ether oxygens (including phenoxy) is 1. The second-order valence-electron chi connectivity index (χ2n) is 4.78. The second kappa shape index (κ2) is 6.80. The van der Waals surface area contributed by atoms with Crippen LogP contribution in [0.4, 0.5) is 4.79 Å². The zero-order valence-corrected chi connectivity index (χ0v) is 13.1. The van der Waals surface area contributed by atoms with Gasteiger partial charge < -0.3 is 15.4 Å². The lowest BCUT2D eigenvalue weighted by Gasteiger charge is -2.29. The van der Waals surface area contributed by atoms with Crippen molar-refractivity contribution in [3.63, 3.8) is 0 Å². The molecule has 1 aliphatic heterocycles. The minimum Gasteiger partial charge on any atom is -0.463 e. The first-order chi connectivity index (χ1) is 10.8. The average Bonchev–Trinajstić information content (AvgIpc) is 2.46. The Morgan fingerprint density at radius 1 is 1.30 bits per heavy atom. The Bertz CT molecular complexity index is 742. The maximum Gasteiger partial charge on any atom is 0.338 e. The fourth-order valence-corrected chi connectivity index (χ4v) is 2.85. The van der Waals surface area contributed by atoms with E-state index in [9.17, 15) is 18.0 Å². The molecule has 0 saturated carbocycles. The van der Waals surface area contributed by atoms with Crippen molar-refractivity contribution in [3.8, 4) is 0 Å². The quantitative estimate of drug-likeness (QED) is 0.537. The van der Waals surface area contributed by atoms with Gasteiger partial charge >= 0.3 is 12.0 Å². The van der Waals surface area contributed by atoms with Gasteiger partial charge in [-0.3, -0.25) is 4.55 Å². The molecule has 1 heterocycles. The minimum absolute atomic E-state index is 0.0599. The second-order valence-corrected chi connectivity index (χ2v) is 6.23. The van der Waals surface area contributed by atoms with E-state index in [1.807, 2.05) is 0 Å². The number of amides is 2. The molecule has 1 unspecified atom stereocenters. The molecule has 0 bridgehead atoms. The van der Waals surface area contributed by atoms with Crippen molar-refractivity contribution in [1.29, 1.82) is 0 Å². The van der Waals surface area contributed by atoms with Gasteiger partial charge in [0.2, 0.25) is 0 Å². The van der Waals surface area contributed by atoms with Gasteiger partial charge in [0.05, 0.1) is 18.2 Å². The smallest absolute Gasteiger partial charge is 0.338 e. The van der Waals surface area contributed by atoms with Gasteiger partial charge in [-0.15, -0.1) is 0 Å². The Morgan fingerprint density at radius 3 is 2.52 bits per heavy atom. The van der Waals surface area contributed by atoms with Crippen LogP contribution in [-0.4, -0.2) is 37.3 Å². The molecule has 1 atom stereocenters. The molecule has 0 fully saturated rings. The highest BCUT2D eigenvalue weighted by Crippen LogP contribution is 2.28. The third-order valence-corrected chi connectivity index (χ3v) is 3.76. The Morgan fingerprint density at radius 2 is 1.96 bits per heavy atom. The van der Waals surface area contributed by atoms with E-state index in [2.05, 4.69) is 10.6 Å². The Labute approximate surface area is 133 Å². The molecule has 1 aliphatic rings. The van der Waals surface area contributed by atoms with Crippen molar-refractivity contribution in [3.05, 3.63) is 47.2 Å².